The molecule has 7 nitrogen and oxygen atoms in total. The lowest BCUT2D eigenvalue weighted by Crippen LogP contribution is -2.51. The first-order chi connectivity index (χ1) is 17.6. The van der Waals surface area contributed by atoms with Crippen molar-refractivity contribution in [1.82, 2.24) is 9.80 Å². The van der Waals surface area contributed by atoms with Gasteiger partial charge in [0.05, 0.1) is 18.8 Å². The van der Waals surface area contributed by atoms with Gasteiger partial charge in [0, 0.05) is 42.9 Å². The highest BCUT2D eigenvalue weighted by Gasteiger charge is 2.29. The number of carbonyl (C=O) groups excluding carboxylic acids is 2. The van der Waals surface area contributed by atoms with Gasteiger partial charge >= 0.3 is 0 Å². The lowest BCUT2D eigenvalue weighted by Gasteiger charge is -2.33. The first kappa shape index (κ1) is 30.3. The molecule has 0 unspecified atom stereocenters. The number of aliphatic hydroxyl groups excluding tert-OH is 2. The fourth-order valence-corrected chi connectivity index (χ4v) is 4.31. The maximum absolute atomic E-state index is 13.6. The summed E-state index contributed by atoms with van der Waals surface area (Å²) in [5, 5.41) is 20.7. The number of amides is 2. The normalized spacial score (nSPS) is 13.6. The van der Waals surface area contributed by atoms with E-state index in [1.165, 1.54) is 11.0 Å². The van der Waals surface area contributed by atoms with Gasteiger partial charge in [-0.15, -0.1) is 0 Å². The molecule has 0 aliphatic carbocycles. The van der Waals surface area contributed by atoms with Crippen molar-refractivity contribution in [3.05, 3.63) is 70.8 Å². The van der Waals surface area contributed by atoms with Gasteiger partial charge in [0.1, 0.15) is 11.6 Å². The van der Waals surface area contributed by atoms with Crippen LogP contribution < -0.4 is 5.73 Å². The van der Waals surface area contributed by atoms with Crippen LogP contribution in [0.1, 0.15) is 66.3 Å². The van der Waals surface area contributed by atoms with E-state index in [-0.39, 0.29) is 36.6 Å². The average Bonchev–Trinajstić information content (AvgIpc) is 2.87. The Hall–Kier alpha value is -2.88. The van der Waals surface area contributed by atoms with E-state index >= 15 is 0 Å². The highest BCUT2D eigenvalue weighted by Crippen LogP contribution is 2.17. The van der Waals surface area contributed by atoms with Gasteiger partial charge in [-0.3, -0.25) is 9.59 Å². The molecule has 3 atom stereocenters. The van der Waals surface area contributed by atoms with Crippen molar-refractivity contribution in [2.45, 2.75) is 64.6 Å². The van der Waals surface area contributed by atoms with E-state index < -0.39 is 35.7 Å². The highest BCUT2D eigenvalue weighted by atomic mass is 19.1. The van der Waals surface area contributed by atoms with Crippen LogP contribution in [0.2, 0.25) is 0 Å². The number of halogens is 2. The molecule has 0 saturated heterocycles. The second-order valence-corrected chi connectivity index (χ2v) is 9.29. The number of hydrogen-bond donors (Lipinski definition) is 3. The minimum atomic E-state index is -1.23. The van der Waals surface area contributed by atoms with Crippen LogP contribution >= 0.6 is 0 Å². The minimum absolute atomic E-state index is 0.0114. The number of nitrogens with two attached hydrogens (primary N) is 1. The van der Waals surface area contributed by atoms with Crippen molar-refractivity contribution in [3.8, 4) is 0 Å². The molecule has 0 heterocycles. The molecule has 0 spiro atoms. The van der Waals surface area contributed by atoms with Crippen LogP contribution in [0.5, 0.6) is 0 Å². The Morgan fingerprint density at radius 3 is 2.03 bits per heavy atom. The monoisotopic (exact) mass is 519 g/mol. The topological polar surface area (TPSA) is 107 Å². The molecule has 2 rings (SSSR count). The van der Waals surface area contributed by atoms with E-state index in [1.54, 1.807) is 30.0 Å². The molecule has 2 amide bonds. The summed E-state index contributed by atoms with van der Waals surface area (Å²) < 4.78 is 27.1. The quantitative estimate of drug-likeness (QED) is 0.355. The van der Waals surface area contributed by atoms with Crippen molar-refractivity contribution in [2.24, 2.45) is 5.73 Å². The van der Waals surface area contributed by atoms with Gasteiger partial charge in [-0.2, -0.15) is 0 Å². The van der Waals surface area contributed by atoms with Crippen molar-refractivity contribution in [1.29, 1.82) is 0 Å². The molecule has 0 aliphatic heterocycles. The smallest absolute Gasteiger partial charge is 0.254 e. The predicted octanol–water partition coefficient (Wildman–Crippen LogP) is 3.37. The van der Waals surface area contributed by atoms with E-state index in [0.717, 1.165) is 31.0 Å². The van der Waals surface area contributed by atoms with Crippen LogP contribution in [-0.2, 0) is 6.42 Å². The van der Waals surface area contributed by atoms with Crippen molar-refractivity contribution in [3.63, 3.8) is 0 Å². The zero-order chi connectivity index (χ0) is 27.5. The van der Waals surface area contributed by atoms with Gasteiger partial charge in [-0.05, 0) is 61.6 Å². The van der Waals surface area contributed by atoms with Gasteiger partial charge in [0.25, 0.3) is 11.8 Å². The van der Waals surface area contributed by atoms with Gasteiger partial charge in [-0.1, -0.05) is 26.8 Å². The lowest BCUT2D eigenvalue weighted by atomic mass is 10.00. The second-order valence-electron chi connectivity index (χ2n) is 9.29. The molecule has 2 aromatic rings. The Balaban J connectivity index is 2.26. The summed E-state index contributed by atoms with van der Waals surface area (Å²) in [5.74, 6) is -2.11. The largest absolute Gasteiger partial charge is 0.394 e. The number of nitrogens with zero attached hydrogens (tertiary/aromatic N) is 2. The highest BCUT2D eigenvalue weighted by molar-refractivity contribution is 5.99. The molecule has 0 fully saturated rings. The standard InChI is InChI=1S/C28H39F2N3O4/c1-4-10-32(11-5-2)27(36)20-8-7-9-21(15-20)28(37)33(24(6-3)18-34)17-26(35)25(31)14-19-12-22(29)16-23(30)13-19/h7-9,12-13,15-16,24-26,34-35H,4-6,10-11,14,17-18,31H2,1-3H3/t24-,25+,26-/m1/s1. The third kappa shape index (κ3) is 8.59. The first-order valence-electron chi connectivity index (χ1n) is 12.8. The van der Waals surface area contributed by atoms with Gasteiger partial charge in [0.15, 0.2) is 0 Å². The Kier molecular flexibility index (Phi) is 12.1. The summed E-state index contributed by atoms with van der Waals surface area (Å²) in [6, 6.07) is 7.93. The summed E-state index contributed by atoms with van der Waals surface area (Å²) in [6.45, 7) is 6.47. The zero-order valence-electron chi connectivity index (χ0n) is 21.9. The Morgan fingerprint density at radius 1 is 0.946 bits per heavy atom. The van der Waals surface area contributed by atoms with E-state index in [0.29, 0.717) is 25.1 Å². The first-order valence-corrected chi connectivity index (χ1v) is 12.8. The van der Waals surface area contributed by atoms with Gasteiger partial charge in [-0.25, -0.2) is 8.78 Å². The summed E-state index contributed by atoms with van der Waals surface area (Å²) in [6.07, 6.45) is 0.798. The predicted molar refractivity (Wildman–Crippen MR) is 139 cm³/mol. The van der Waals surface area contributed by atoms with E-state index in [9.17, 15) is 28.6 Å². The SMILES string of the molecule is CCCN(CCC)C(=O)c1cccc(C(=O)N(C[C@@H](O)[C@@H](N)Cc2cc(F)cc(F)c2)[C@H](CC)CO)c1. The summed E-state index contributed by atoms with van der Waals surface area (Å²) in [5.41, 5.74) is 7.04. The zero-order valence-corrected chi connectivity index (χ0v) is 21.9. The van der Waals surface area contributed by atoms with E-state index in [1.807, 2.05) is 13.8 Å². The molecule has 9 heteroatoms. The molecule has 2 aromatic carbocycles. The van der Waals surface area contributed by atoms with Crippen LogP contribution in [0, 0.1) is 11.6 Å². The maximum atomic E-state index is 13.6. The number of carbonyl (C=O) groups is 2. The summed E-state index contributed by atoms with van der Waals surface area (Å²) in [7, 11) is 0. The van der Waals surface area contributed by atoms with Crippen molar-refractivity contribution >= 4 is 11.8 Å². The van der Waals surface area contributed by atoms with Crippen molar-refractivity contribution < 1.29 is 28.6 Å². The average molecular weight is 520 g/mol. The molecule has 37 heavy (non-hydrogen) atoms. The van der Waals surface area contributed by atoms with E-state index in [4.69, 9.17) is 5.73 Å². The molecule has 0 radical (unpaired) electrons. The number of aliphatic hydroxyl groups is 2. The van der Waals surface area contributed by atoms with Crippen molar-refractivity contribution in [2.75, 3.05) is 26.2 Å². The molecule has 4 N–H and O–H groups in total. The Morgan fingerprint density at radius 2 is 1.51 bits per heavy atom. The summed E-state index contributed by atoms with van der Waals surface area (Å²) >= 11 is 0. The third-order valence-electron chi connectivity index (χ3n) is 6.29. The van der Waals surface area contributed by atoms with Crippen LogP contribution in [0.25, 0.3) is 0 Å². The molecule has 0 aliphatic rings. The van der Waals surface area contributed by atoms with Crippen LogP contribution in [0.4, 0.5) is 8.78 Å². The van der Waals surface area contributed by atoms with Crippen LogP contribution in [0.15, 0.2) is 42.5 Å². The molecular formula is C28H39F2N3O4. The molecular weight excluding hydrogens is 480 g/mol. The minimum Gasteiger partial charge on any atom is -0.394 e. The Bertz CT molecular complexity index is 1010. The fourth-order valence-electron chi connectivity index (χ4n) is 4.31. The molecule has 0 saturated carbocycles. The number of rotatable bonds is 14. The lowest BCUT2D eigenvalue weighted by molar-refractivity contribution is 0.0351. The fraction of sp³-hybridized carbons (Fsp3) is 0.500. The maximum Gasteiger partial charge on any atom is 0.254 e. The number of hydrogen-bond acceptors (Lipinski definition) is 5. The van der Waals surface area contributed by atoms with Gasteiger partial charge < -0.3 is 25.7 Å². The van der Waals surface area contributed by atoms with E-state index in [2.05, 4.69) is 0 Å². The number of benzene rings is 2. The molecule has 204 valence electrons. The van der Waals surface area contributed by atoms with Crippen LogP contribution in [-0.4, -0.2) is 76.3 Å². The second kappa shape index (κ2) is 14.8. The molecule has 0 bridgehead atoms. The summed E-state index contributed by atoms with van der Waals surface area (Å²) in [4.78, 5) is 29.7. The Labute approximate surface area is 217 Å². The molecule has 0 aromatic heterocycles. The van der Waals surface area contributed by atoms with Gasteiger partial charge in [0.2, 0.25) is 0 Å². The third-order valence-corrected chi connectivity index (χ3v) is 6.29. The van der Waals surface area contributed by atoms with Crippen LogP contribution in [0.3, 0.4) is 0 Å².